The van der Waals surface area contributed by atoms with Crippen LogP contribution in [-0.4, -0.2) is 52.2 Å². The molecule has 0 aliphatic carbocycles. The van der Waals surface area contributed by atoms with E-state index >= 15 is 0 Å². The predicted molar refractivity (Wildman–Crippen MR) is 216 cm³/mol. The van der Waals surface area contributed by atoms with Crippen molar-refractivity contribution in [3.8, 4) is 36.0 Å². The highest BCUT2D eigenvalue weighted by molar-refractivity contribution is 9.10. The van der Waals surface area contributed by atoms with Gasteiger partial charge in [0.2, 0.25) is 0 Å². The third-order valence-corrected chi connectivity index (χ3v) is 7.28. The molecule has 0 amide bonds. The van der Waals surface area contributed by atoms with Crippen LogP contribution >= 0.6 is 28.3 Å². The predicted octanol–water partition coefficient (Wildman–Crippen LogP) is 8.45. The summed E-state index contributed by atoms with van der Waals surface area (Å²) >= 11 is 3.26. The first-order valence-corrected chi connectivity index (χ1v) is 16.8. The number of benzene rings is 3. The fourth-order valence-corrected chi connectivity index (χ4v) is 4.21. The molecule has 0 aliphatic heterocycles. The summed E-state index contributed by atoms with van der Waals surface area (Å²) in [5, 5.41) is 8.68. The van der Waals surface area contributed by atoms with E-state index in [2.05, 4.69) is 70.0 Å². The Kier molecular flexibility index (Phi) is 20.2. The number of hydrogen-bond acceptors (Lipinski definition) is 8. The van der Waals surface area contributed by atoms with Gasteiger partial charge >= 0.3 is 17.9 Å². The molecule has 0 saturated heterocycles. The number of rotatable bonds is 3. The summed E-state index contributed by atoms with van der Waals surface area (Å²) < 4.78 is 36.9. The van der Waals surface area contributed by atoms with E-state index in [4.69, 9.17) is 11.5 Å². The van der Waals surface area contributed by atoms with Gasteiger partial charge in [0.25, 0.3) is 0 Å². The summed E-state index contributed by atoms with van der Waals surface area (Å²) in [6.07, 6.45) is 14.9. The smallest absolute Gasteiger partial charge is 0.340 e. The fraction of sp³-hybridized carbons (Fsp3) is 0.0455. The van der Waals surface area contributed by atoms with Gasteiger partial charge in [-0.25, -0.2) is 23.2 Å². The topological polar surface area (TPSA) is 129 Å². The van der Waals surface area contributed by atoms with Crippen LogP contribution < -0.4 is 0 Å². The second-order valence-electron chi connectivity index (χ2n) is 10.5. The van der Waals surface area contributed by atoms with E-state index in [0.29, 0.717) is 16.7 Å². The highest BCUT2D eigenvalue weighted by atomic mass is 79.9. The zero-order valence-corrected chi connectivity index (χ0v) is 32.6. The van der Waals surface area contributed by atoms with Crippen molar-refractivity contribution in [2.75, 3.05) is 14.2 Å². The van der Waals surface area contributed by atoms with Gasteiger partial charge in [0, 0.05) is 69.5 Å². The molecule has 6 rings (SSSR count). The molecule has 0 bridgehead atoms. The van der Waals surface area contributed by atoms with E-state index in [1.54, 1.807) is 104 Å². The van der Waals surface area contributed by atoms with Gasteiger partial charge < -0.3 is 14.6 Å². The number of aromatic carboxylic acids is 1. The molecule has 0 saturated carbocycles. The second-order valence-corrected chi connectivity index (χ2v) is 11.5. The minimum Gasteiger partial charge on any atom is -0.478 e. The fourth-order valence-electron chi connectivity index (χ4n) is 3.95. The van der Waals surface area contributed by atoms with Crippen molar-refractivity contribution < 1.29 is 37.7 Å². The summed E-state index contributed by atoms with van der Waals surface area (Å²) in [6.45, 7) is 0. The molecule has 13 heteroatoms. The first-order chi connectivity index (χ1) is 27.0. The number of methoxy groups -OCH3 is 2. The van der Waals surface area contributed by atoms with Crippen LogP contribution in [0.5, 0.6) is 0 Å². The first-order valence-electron chi connectivity index (χ1n) is 16.0. The van der Waals surface area contributed by atoms with Crippen LogP contribution in [0.3, 0.4) is 0 Å². The molecule has 1 N–H and O–H groups in total. The van der Waals surface area contributed by atoms with Gasteiger partial charge in [-0.05, 0) is 97.1 Å². The molecule has 0 spiro atoms. The number of pyridine rings is 3. The molecule has 0 fully saturated rings. The zero-order chi connectivity index (χ0) is 40.7. The van der Waals surface area contributed by atoms with Crippen molar-refractivity contribution in [3.63, 3.8) is 0 Å². The lowest BCUT2D eigenvalue weighted by atomic mass is 10.1. The quantitative estimate of drug-likeness (QED) is 0.138. The monoisotopic (exact) mass is 849 g/mol. The molecule has 6 aromatic rings. The Morgan fingerprint density at radius 3 is 1.32 bits per heavy atom. The number of carbonyl (C=O) groups is 3. The minimum absolute atomic E-state index is 0. The van der Waals surface area contributed by atoms with Gasteiger partial charge in [0.05, 0.1) is 30.9 Å². The average Bonchev–Trinajstić information content (AvgIpc) is 3.23. The van der Waals surface area contributed by atoms with Crippen LogP contribution in [0.4, 0.5) is 8.78 Å². The summed E-state index contributed by atoms with van der Waals surface area (Å²) in [5.41, 5.74) is 3.44. The Hall–Kier alpha value is -7.17. The number of carboxylic acid groups (broad SMARTS) is 1. The van der Waals surface area contributed by atoms with Crippen molar-refractivity contribution in [2.24, 2.45) is 0 Å². The number of carboxylic acids is 1. The largest absolute Gasteiger partial charge is 0.478 e. The van der Waals surface area contributed by atoms with Crippen molar-refractivity contribution >= 4 is 46.2 Å². The molecule has 286 valence electrons. The Morgan fingerprint density at radius 2 is 0.965 bits per heavy atom. The molecule has 0 unspecified atom stereocenters. The second kappa shape index (κ2) is 25.0. The standard InChI is InChI=1S/C15H10FNO2.C14H8FNO2.C8H7BrO2.C7H5N.ClH/c1-19-15(18)13-5-4-12(10-14(13)16)3-2-11-6-8-17-9-7-11;15-13-9-11(3-4-12(13)14(17)18)2-1-10-5-7-16-8-6-10;1-11-8(10)6-2-4-7(9)5-3-6;1-2-7-3-5-8-6-4-7;/h4-10H,1H3;3-9H,(H,17,18);2-5H,1H3;1,3-6H;1H. The average molecular weight is 851 g/mol. The van der Waals surface area contributed by atoms with Gasteiger partial charge in [-0.1, -0.05) is 45.5 Å². The summed E-state index contributed by atoms with van der Waals surface area (Å²) in [7, 11) is 2.57. The van der Waals surface area contributed by atoms with Gasteiger partial charge in [0.1, 0.15) is 11.6 Å². The molecule has 0 aliphatic rings. The molecule has 57 heavy (non-hydrogen) atoms. The molecule has 3 heterocycles. The lowest BCUT2D eigenvalue weighted by Crippen LogP contribution is -2.04. The maximum Gasteiger partial charge on any atom is 0.340 e. The lowest BCUT2D eigenvalue weighted by Gasteiger charge is -2.00. The number of ether oxygens (including phenoxy) is 2. The number of nitrogens with zero attached hydrogens (tertiary/aromatic N) is 3. The van der Waals surface area contributed by atoms with Gasteiger partial charge in [-0.3, -0.25) is 15.0 Å². The van der Waals surface area contributed by atoms with E-state index in [9.17, 15) is 23.2 Å². The van der Waals surface area contributed by atoms with E-state index in [-0.39, 0.29) is 29.5 Å². The molecule has 3 aromatic carbocycles. The Morgan fingerprint density at radius 1 is 0.579 bits per heavy atom. The van der Waals surface area contributed by atoms with Crippen LogP contribution in [0, 0.1) is 47.7 Å². The summed E-state index contributed by atoms with van der Waals surface area (Å²) in [6, 6.07) is 25.5. The number of halogens is 4. The van der Waals surface area contributed by atoms with Gasteiger partial charge in [-0.15, -0.1) is 18.8 Å². The number of esters is 2. The Balaban J connectivity index is 0.000000274. The van der Waals surface area contributed by atoms with E-state index in [1.807, 2.05) is 0 Å². The maximum absolute atomic E-state index is 13.6. The van der Waals surface area contributed by atoms with Crippen LogP contribution in [0.2, 0.25) is 0 Å². The van der Waals surface area contributed by atoms with Crippen LogP contribution in [0.15, 0.2) is 139 Å². The molecular weight excluding hydrogens is 820 g/mol. The number of terminal acetylenes is 1. The minimum atomic E-state index is -1.29. The third-order valence-electron chi connectivity index (χ3n) is 6.75. The SMILES string of the molecule is C#Cc1ccncc1.COC(=O)c1ccc(Br)cc1.COC(=O)c1ccc(C#Cc2ccncc2)cc1F.Cl.O=C(O)c1ccc(C#Cc2ccncc2)cc1F. The summed E-state index contributed by atoms with van der Waals surface area (Å²) in [5.74, 6) is 10.0. The highest BCUT2D eigenvalue weighted by Crippen LogP contribution is 2.13. The van der Waals surface area contributed by atoms with E-state index in [0.717, 1.165) is 27.2 Å². The van der Waals surface area contributed by atoms with Crippen LogP contribution in [0.25, 0.3) is 0 Å². The molecule has 3 aromatic heterocycles. The van der Waals surface area contributed by atoms with Crippen LogP contribution in [-0.2, 0) is 9.47 Å². The maximum atomic E-state index is 13.6. The first kappa shape index (κ1) is 46.0. The van der Waals surface area contributed by atoms with Crippen molar-refractivity contribution in [3.05, 3.63) is 195 Å². The molecule has 0 atom stereocenters. The van der Waals surface area contributed by atoms with Crippen LogP contribution in [0.1, 0.15) is 58.9 Å². The normalized spacial score (nSPS) is 8.98. The number of aromatic nitrogens is 3. The summed E-state index contributed by atoms with van der Waals surface area (Å²) in [4.78, 5) is 44.3. The Labute approximate surface area is 342 Å². The van der Waals surface area contributed by atoms with Gasteiger partial charge in [-0.2, -0.15) is 0 Å². The van der Waals surface area contributed by atoms with Gasteiger partial charge in [0.15, 0.2) is 0 Å². The van der Waals surface area contributed by atoms with E-state index < -0.39 is 23.6 Å². The zero-order valence-electron chi connectivity index (χ0n) is 30.2. The third kappa shape index (κ3) is 16.4. The molecular formula is C44H31BrClF2N3O6. The lowest BCUT2D eigenvalue weighted by molar-refractivity contribution is 0.0588. The number of carbonyl (C=O) groups excluding carboxylic acids is 2. The highest BCUT2D eigenvalue weighted by Gasteiger charge is 2.12. The molecule has 9 nitrogen and oxygen atoms in total. The number of hydrogen-bond donors (Lipinski definition) is 1. The van der Waals surface area contributed by atoms with Crippen molar-refractivity contribution in [2.45, 2.75) is 0 Å². The molecule has 0 radical (unpaired) electrons. The Bertz CT molecular complexity index is 2410. The van der Waals surface area contributed by atoms with Crippen molar-refractivity contribution in [1.82, 2.24) is 15.0 Å². The van der Waals surface area contributed by atoms with Crippen molar-refractivity contribution in [1.29, 1.82) is 0 Å². The van der Waals surface area contributed by atoms with E-state index in [1.165, 1.54) is 38.5 Å².